The number of carbonyl (C=O) groups is 1. The van der Waals surface area contributed by atoms with Gasteiger partial charge in [0.15, 0.2) is 0 Å². The third kappa shape index (κ3) is 5.19. The quantitative estimate of drug-likeness (QED) is 0.693. The number of ether oxygens (including phenoxy) is 2. The van der Waals surface area contributed by atoms with E-state index in [1.807, 2.05) is 44.3 Å². The Bertz CT molecular complexity index is 353. The molecule has 4 nitrogen and oxygen atoms in total. The molecule has 0 bridgehead atoms. The summed E-state index contributed by atoms with van der Waals surface area (Å²) in [5, 5.41) is 0. The Morgan fingerprint density at radius 1 is 1.33 bits per heavy atom. The Kier molecular flexibility index (Phi) is 6.22. The molecule has 4 heteroatoms. The molecular formula is C14H21NO3. The van der Waals surface area contributed by atoms with Gasteiger partial charge in [-0.25, -0.2) is 0 Å². The van der Waals surface area contributed by atoms with Crippen LogP contribution in [0, 0.1) is 5.92 Å². The van der Waals surface area contributed by atoms with Crippen molar-refractivity contribution in [1.82, 2.24) is 4.90 Å². The van der Waals surface area contributed by atoms with Gasteiger partial charge in [0.05, 0.1) is 13.0 Å². The van der Waals surface area contributed by atoms with Crippen molar-refractivity contribution in [3.63, 3.8) is 0 Å². The van der Waals surface area contributed by atoms with Crippen LogP contribution in [0.3, 0.4) is 0 Å². The summed E-state index contributed by atoms with van der Waals surface area (Å²) in [5.74, 6) is 0.578. The van der Waals surface area contributed by atoms with Crippen LogP contribution in [0.5, 0.6) is 5.75 Å². The Morgan fingerprint density at radius 2 is 2.00 bits per heavy atom. The fourth-order valence-electron chi connectivity index (χ4n) is 1.67. The van der Waals surface area contributed by atoms with E-state index in [9.17, 15) is 4.79 Å². The minimum Gasteiger partial charge on any atom is -0.492 e. The third-order valence-electron chi connectivity index (χ3n) is 2.67. The van der Waals surface area contributed by atoms with Crippen LogP contribution in [0.4, 0.5) is 0 Å². The van der Waals surface area contributed by atoms with Crippen molar-refractivity contribution in [2.24, 2.45) is 5.92 Å². The standard InChI is InChI=1S/C14H21NO3/c1-12(14(16)17-3)11-15(2)9-10-18-13-7-5-4-6-8-13/h4-8,12H,9-11H2,1-3H3/t12-/m0/s1. The van der Waals surface area contributed by atoms with E-state index in [1.165, 1.54) is 7.11 Å². The molecule has 0 aliphatic carbocycles. The minimum absolute atomic E-state index is 0.114. The molecule has 0 spiro atoms. The first kappa shape index (κ1) is 14.5. The summed E-state index contributed by atoms with van der Waals surface area (Å²) in [6, 6.07) is 9.70. The predicted molar refractivity (Wildman–Crippen MR) is 70.6 cm³/mol. The van der Waals surface area contributed by atoms with Crippen molar-refractivity contribution in [1.29, 1.82) is 0 Å². The van der Waals surface area contributed by atoms with Crippen LogP contribution >= 0.6 is 0 Å². The lowest BCUT2D eigenvalue weighted by Gasteiger charge is -2.19. The minimum atomic E-state index is -0.175. The van der Waals surface area contributed by atoms with Crippen LogP contribution in [-0.2, 0) is 9.53 Å². The number of para-hydroxylation sites is 1. The number of benzene rings is 1. The molecule has 0 heterocycles. The summed E-state index contributed by atoms with van der Waals surface area (Å²) in [6.07, 6.45) is 0. The zero-order chi connectivity index (χ0) is 13.4. The maximum atomic E-state index is 11.3. The molecule has 0 fully saturated rings. The van der Waals surface area contributed by atoms with Crippen LogP contribution in [0.2, 0.25) is 0 Å². The monoisotopic (exact) mass is 251 g/mol. The number of hydrogen-bond donors (Lipinski definition) is 0. The average Bonchev–Trinajstić information content (AvgIpc) is 2.38. The summed E-state index contributed by atoms with van der Waals surface area (Å²) in [4.78, 5) is 13.3. The topological polar surface area (TPSA) is 38.8 Å². The molecule has 0 amide bonds. The number of esters is 1. The zero-order valence-electron chi connectivity index (χ0n) is 11.3. The number of methoxy groups -OCH3 is 1. The molecule has 0 aliphatic heterocycles. The Labute approximate surface area is 108 Å². The van der Waals surface area contributed by atoms with Crippen molar-refractivity contribution < 1.29 is 14.3 Å². The van der Waals surface area contributed by atoms with Gasteiger partial charge in [0.2, 0.25) is 0 Å². The van der Waals surface area contributed by atoms with E-state index >= 15 is 0 Å². The molecule has 0 unspecified atom stereocenters. The highest BCUT2D eigenvalue weighted by Crippen LogP contribution is 2.08. The zero-order valence-corrected chi connectivity index (χ0v) is 11.3. The molecule has 1 aromatic carbocycles. The van der Waals surface area contributed by atoms with Gasteiger partial charge in [-0.15, -0.1) is 0 Å². The highest BCUT2D eigenvalue weighted by atomic mass is 16.5. The normalized spacial score (nSPS) is 12.2. The second-order valence-electron chi connectivity index (χ2n) is 4.35. The van der Waals surface area contributed by atoms with Gasteiger partial charge in [-0.05, 0) is 19.2 Å². The molecule has 0 saturated carbocycles. The summed E-state index contributed by atoms with van der Waals surface area (Å²) >= 11 is 0. The molecule has 1 aromatic rings. The van der Waals surface area contributed by atoms with E-state index in [0.29, 0.717) is 13.2 Å². The van der Waals surface area contributed by atoms with E-state index in [0.717, 1.165) is 12.3 Å². The molecule has 0 aliphatic rings. The molecule has 1 atom stereocenters. The van der Waals surface area contributed by atoms with Gasteiger partial charge in [-0.3, -0.25) is 4.79 Å². The molecule has 100 valence electrons. The predicted octanol–water partition coefficient (Wildman–Crippen LogP) is 1.81. The van der Waals surface area contributed by atoms with Gasteiger partial charge in [-0.2, -0.15) is 0 Å². The van der Waals surface area contributed by atoms with E-state index in [1.54, 1.807) is 0 Å². The SMILES string of the molecule is COC(=O)[C@@H](C)CN(C)CCOc1ccccc1. The Hall–Kier alpha value is -1.55. The average molecular weight is 251 g/mol. The third-order valence-corrected chi connectivity index (χ3v) is 2.67. The second kappa shape index (κ2) is 7.71. The van der Waals surface area contributed by atoms with Crippen molar-refractivity contribution >= 4 is 5.97 Å². The van der Waals surface area contributed by atoms with E-state index in [2.05, 4.69) is 9.64 Å². The van der Waals surface area contributed by atoms with Gasteiger partial charge in [0.25, 0.3) is 0 Å². The number of nitrogens with zero attached hydrogens (tertiary/aromatic N) is 1. The first-order valence-corrected chi connectivity index (χ1v) is 6.07. The van der Waals surface area contributed by atoms with Crippen LogP contribution in [0.15, 0.2) is 30.3 Å². The Balaban J connectivity index is 2.21. The van der Waals surface area contributed by atoms with E-state index in [-0.39, 0.29) is 11.9 Å². The lowest BCUT2D eigenvalue weighted by molar-refractivity contribution is -0.145. The summed E-state index contributed by atoms with van der Waals surface area (Å²) < 4.78 is 10.3. The van der Waals surface area contributed by atoms with Gasteiger partial charge in [0.1, 0.15) is 12.4 Å². The molecule has 18 heavy (non-hydrogen) atoms. The molecular weight excluding hydrogens is 230 g/mol. The van der Waals surface area contributed by atoms with Gasteiger partial charge in [-0.1, -0.05) is 25.1 Å². The summed E-state index contributed by atoms with van der Waals surface area (Å²) in [6.45, 7) is 3.91. The van der Waals surface area contributed by atoms with E-state index in [4.69, 9.17) is 4.74 Å². The highest BCUT2D eigenvalue weighted by Gasteiger charge is 2.15. The van der Waals surface area contributed by atoms with Gasteiger partial charge < -0.3 is 14.4 Å². The van der Waals surface area contributed by atoms with Crippen LogP contribution in [0.25, 0.3) is 0 Å². The van der Waals surface area contributed by atoms with Crippen LogP contribution in [0.1, 0.15) is 6.92 Å². The Morgan fingerprint density at radius 3 is 2.61 bits per heavy atom. The van der Waals surface area contributed by atoms with Crippen molar-refractivity contribution in [2.45, 2.75) is 6.92 Å². The first-order chi connectivity index (χ1) is 8.63. The molecule has 0 saturated heterocycles. The fourth-order valence-corrected chi connectivity index (χ4v) is 1.67. The number of hydrogen-bond acceptors (Lipinski definition) is 4. The van der Waals surface area contributed by atoms with Gasteiger partial charge >= 0.3 is 5.97 Å². The van der Waals surface area contributed by atoms with Crippen molar-refractivity contribution in [3.05, 3.63) is 30.3 Å². The summed E-state index contributed by atoms with van der Waals surface area (Å²) in [5.41, 5.74) is 0. The number of rotatable bonds is 7. The maximum Gasteiger partial charge on any atom is 0.309 e. The highest BCUT2D eigenvalue weighted by molar-refractivity contribution is 5.72. The van der Waals surface area contributed by atoms with Crippen LogP contribution in [-0.4, -0.2) is 44.7 Å². The molecule has 0 radical (unpaired) electrons. The number of carbonyl (C=O) groups excluding carboxylic acids is 1. The smallest absolute Gasteiger partial charge is 0.309 e. The van der Waals surface area contributed by atoms with Crippen molar-refractivity contribution in [3.8, 4) is 5.75 Å². The summed E-state index contributed by atoms with van der Waals surface area (Å²) in [7, 11) is 3.38. The van der Waals surface area contributed by atoms with E-state index < -0.39 is 0 Å². The van der Waals surface area contributed by atoms with Crippen LogP contribution < -0.4 is 4.74 Å². The molecule has 0 N–H and O–H groups in total. The fraction of sp³-hybridized carbons (Fsp3) is 0.500. The maximum absolute atomic E-state index is 11.3. The first-order valence-electron chi connectivity index (χ1n) is 6.07. The lowest BCUT2D eigenvalue weighted by Crippen LogP contribution is -2.32. The number of likely N-dealkylation sites (N-methyl/N-ethyl adjacent to an activating group) is 1. The van der Waals surface area contributed by atoms with Crippen molar-refractivity contribution in [2.75, 3.05) is 33.9 Å². The second-order valence-corrected chi connectivity index (χ2v) is 4.35. The lowest BCUT2D eigenvalue weighted by atomic mass is 10.2. The van der Waals surface area contributed by atoms with Gasteiger partial charge in [0, 0.05) is 13.1 Å². The molecule has 0 aromatic heterocycles. The molecule has 1 rings (SSSR count). The largest absolute Gasteiger partial charge is 0.492 e.